The van der Waals surface area contributed by atoms with Gasteiger partial charge in [0.15, 0.2) is 0 Å². The second kappa shape index (κ2) is 10.1. The standard InChI is InChI=1S/C21H31N5O/c1-18-4-2-11-26(15-18)16-20-7-5-19(6-8-20)14-24-21(27)23-9-3-12-25-13-10-22-17-25/h5-8,10,13,17-18H,2-4,9,11-12,14-16H2,1H3,(H2,23,24,27)/t18-/m0/s1. The predicted molar refractivity (Wildman–Crippen MR) is 107 cm³/mol. The summed E-state index contributed by atoms with van der Waals surface area (Å²) < 4.78 is 2.01. The molecule has 0 unspecified atom stereocenters. The van der Waals surface area contributed by atoms with Crippen molar-refractivity contribution in [2.75, 3.05) is 19.6 Å². The summed E-state index contributed by atoms with van der Waals surface area (Å²) in [6.45, 7) is 7.82. The van der Waals surface area contributed by atoms with Gasteiger partial charge in [-0.1, -0.05) is 31.2 Å². The average molecular weight is 370 g/mol. The van der Waals surface area contributed by atoms with Crippen molar-refractivity contribution in [3.63, 3.8) is 0 Å². The summed E-state index contributed by atoms with van der Waals surface area (Å²) in [5.41, 5.74) is 2.47. The summed E-state index contributed by atoms with van der Waals surface area (Å²) in [6, 6.07) is 8.47. The molecule has 1 fully saturated rings. The molecule has 0 aliphatic carbocycles. The maximum atomic E-state index is 11.9. The summed E-state index contributed by atoms with van der Waals surface area (Å²) in [4.78, 5) is 18.4. The van der Waals surface area contributed by atoms with E-state index in [0.29, 0.717) is 13.1 Å². The molecule has 1 saturated heterocycles. The SMILES string of the molecule is C[C@H]1CCCN(Cc2ccc(CNC(=O)NCCCn3ccnc3)cc2)C1. The lowest BCUT2D eigenvalue weighted by Gasteiger charge is -2.30. The van der Waals surface area contributed by atoms with E-state index in [-0.39, 0.29) is 6.03 Å². The number of nitrogens with one attached hydrogen (secondary N) is 2. The molecule has 1 aliphatic heterocycles. The van der Waals surface area contributed by atoms with Gasteiger partial charge in [0.25, 0.3) is 0 Å². The van der Waals surface area contributed by atoms with Crippen LogP contribution >= 0.6 is 0 Å². The number of piperidine rings is 1. The lowest BCUT2D eigenvalue weighted by molar-refractivity contribution is 0.176. The molecule has 27 heavy (non-hydrogen) atoms. The summed E-state index contributed by atoms with van der Waals surface area (Å²) in [5, 5.41) is 5.81. The van der Waals surface area contributed by atoms with Gasteiger partial charge in [-0.2, -0.15) is 0 Å². The van der Waals surface area contributed by atoms with Gasteiger partial charge in [-0.15, -0.1) is 0 Å². The summed E-state index contributed by atoms with van der Waals surface area (Å²) >= 11 is 0. The number of urea groups is 1. The fourth-order valence-electron chi connectivity index (χ4n) is 3.58. The minimum Gasteiger partial charge on any atom is -0.338 e. The fraction of sp³-hybridized carbons (Fsp3) is 0.524. The van der Waals surface area contributed by atoms with Crippen LogP contribution in [0.1, 0.15) is 37.3 Å². The Morgan fingerprint density at radius 3 is 2.78 bits per heavy atom. The monoisotopic (exact) mass is 369 g/mol. The van der Waals surface area contributed by atoms with Crippen LogP contribution in [0.3, 0.4) is 0 Å². The van der Waals surface area contributed by atoms with Gasteiger partial charge in [-0.25, -0.2) is 9.78 Å². The van der Waals surface area contributed by atoms with Crippen molar-refractivity contribution in [2.24, 2.45) is 5.92 Å². The lowest BCUT2D eigenvalue weighted by atomic mass is 9.99. The molecule has 2 N–H and O–H groups in total. The second-order valence-corrected chi connectivity index (χ2v) is 7.56. The van der Waals surface area contributed by atoms with Crippen molar-refractivity contribution in [1.82, 2.24) is 25.1 Å². The first kappa shape index (κ1) is 19.4. The molecule has 2 aromatic rings. The lowest BCUT2D eigenvalue weighted by Crippen LogP contribution is -2.35. The van der Waals surface area contributed by atoms with Gasteiger partial charge < -0.3 is 15.2 Å². The first-order valence-corrected chi connectivity index (χ1v) is 9.96. The Morgan fingerprint density at radius 1 is 1.22 bits per heavy atom. The number of likely N-dealkylation sites (tertiary alicyclic amines) is 1. The Balaban J connectivity index is 1.32. The predicted octanol–water partition coefficient (Wildman–Crippen LogP) is 3.00. The molecular weight excluding hydrogens is 338 g/mol. The van der Waals surface area contributed by atoms with Crippen LogP contribution in [0.5, 0.6) is 0 Å². The van der Waals surface area contributed by atoms with E-state index in [0.717, 1.165) is 31.0 Å². The number of hydrogen-bond donors (Lipinski definition) is 2. The van der Waals surface area contributed by atoms with Crippen LogP contribution in [0.15, 0.2) is 43.0 Å². The Bertz CT molecular complexity index is 683. The van der Waals surface area contributed by atoms with Gasteiger partial charge in [0.05, 0.1) is 6.33 Å². The zero-order valence-corrected chi connectivity index (χ0v) is 16.2. The molecule has 2 amide bonds. The van der Waals surface area contributed by atoms with Crippen molar-refractivity contribution < 1.29 is 4.79 Å². The molecular formula is C21H31N5O. The van der Waals surface area contributed by atoms with E-state index in [1.165, 1.54) is 31.5 Å². The van der Waals surface area contributed by atoms with E-state index in [1.54, 1.807) is 12.5 Å². The van der Waals surface area contributed by atoms with E-state index in [4.69, 9.17) is 0 Å². The number of carbonyl (C=O) groups excluding carboxylic acids is 1. The minimum absolute atomic E-state index is 0.119. The number of nitrogens with zero attached hydrogens (tertiary/aromatic N) is 3. The third-order valence-electron chi connectivity index (χ3n) is 5.06. The third kappa shape index (κ3) is 6.71. The number of benzene rings is 1. The zero-order valence-electron chi connectivity index (χ0n) is 16.2. The highest BCUT2D eigenvalue weighted by Gasteiger charge is 2.16. The van der Waals surface area contributed by atoms with Gasteiger partial charge in [-0.05, 0) is 42.9 Å². The number of imidazole rings is 1. The quantitative estimate of drug-likeness (QED) is 0.703. The number of carbonyl (C=O) groups is 1. The van der Waals surface area contributed by atoms with E-state index < -0.39 is 0 Å². The highest BCUT2D eigenvalue weighted by Crippen LogP contribution is 2.18. The smallest absolute Gasteiger partial charge is 0.315 e. The Kier molecular flexibility index (Phi) is 7.27. The topological polar surface area (TPSA) is 62.2 Å². The van der Waals surface area contributed by atoms with Gasteiger partial charge in [0.2, 0.25) is 0 Å². The highest BCUT2D eigenvalue weighted by atomic mass is 16.2. The third-order valence-corrected chi connectivity index (χ3v) is 5.06. The summed E-state index contributed by atoms with van der Waals surface area (Å²) in [5.74, 6) is 0.806. The molecule has 1 atom stereocenters. The molecule has 2 heterocycles. The Hall–Kier alpha value is -2.34. The van der Waals surface area contributed by atoms with Gasteiger partial charge in [-0.3, -0.25) is 4.90 Å². The molecule has 6 heteroatoms. The molecule has 1 aromatic carbocycles. The Morgan fingerprint density at radius 2 is 2.04 bits per heavy atom. The largest absolute Gasteiger partial charge is 0.338 e. The molecule has 0 radical (unpaired) electrons. The highest BCUT2D eigenvalue weighted by molar-refractivity contribution is 5.73. The molecule has 0 bridgehead atoms. The van der Waals surface area contributed by atoms with Crippen LogP contribution in [0.2, 0.25) is 0 Å². The zero-order chi connectivity index (χ0) is 18.9. The van der Waals surface area contributed by atoms with Gasteiger partial charge >= 0.3 is 6.03 Å². The number of rotatable bonds is 8. The second-order valence-electron chi connectivity index (χ2n) is 7.56. The van der Waals surface area contributed by atoms with E-state index in [1.807, 2.05) is 10.8 Å². The van der Waals surface area contributed by atoms with Crippen molar-refractivity contribution in [2.45, 2.75) is 45.8 Å². The molecule has 1 aliphatic rings. The number of hydrogen-bond acceptors (Lipinski definition) is 3. The van der Waals surface area contributed by atoms with Crippen molar-refractivity contribution in [1.29, 1.82) is 0 Å². The van der Waals surface area contributed by atoms with E-state index >= 15 is 0 Å². The summed E-state index contributed by atoms with van der Waals surface area (Å²) in [7, 11) is 0. The molecule has 3 rings (SSSR count). The van der Waals surface area contributed by atoms with Gasteiger partial charge in [0.1, 0.15) is 0 Å². The van der Waals surface area contributed by atoms with Crippen LogP contribution in [-0.4, -0.2) is 40.1 Å². The first-order valence-electron chi connectivity index (χ1n) is 9.96. The molecule has 0 spiro atoms. The van der Waals surface area contributed by atoms with Crippen LogP contribution in [-0.2, 0) is 19.6 Å². The maximum absolute atomic E-state index is 11.9. The fourth-order valence-corrected chi connectivity index (χ4v) is 3.58. The molecule has 1 aromatic heterocycles. The minimum atomic E-state index is -0.119. The van der Waals surface area contributed by atoms with Crippen molar-refractivity contribution >= 4 is 6.03 Å². The number of aryl methyl sites for hydroxylation is 1. The number of amides is 2. The summed E-state index contributed by atoms with van der Waals surface area (Å²) in [6.07, 6.45) is 9.02. The van der Waals surface area contributed by atoms with Crippen LogP contribution in [0.4, 0.5) is 4.79 Å². The first-order chi connectivity index (χ1) is 13.2. The maximum Gasteiger partial charge on any atom is 0.315 e. The van der Waals surface area contributed by atoms with Crippen molar-refractivity contribution in [3.05, 3.63) is 54.1 Å². The van der Waals surface area contributed by atoms with Crippen LogP contribution in [0, 0.1) is 5.92 Å². The van der Waals surface area contributed by atoms with Gasteiger partial charge in [0, 0.05) is 45.1 Å². The van der Waals surface area contributed by atoms with Crippen LogP contribution < -0.4 is 10.6 Å². The van der Waals surface area contributed by atoms with Crippen LogP contribution in [0.25, 0.3) is 0 Å². The van der Waals surface area contributed by atoms with E-state index in [2.05, 4.69) is 51.7 Å². The molecule has 146 valence electrons. The normalized spacial score (nSPS) is 17.6. The molecule has 6 nitrogen and oxygen atoms in total. The van der Waals surface area contributed by atoms with Crippen molar-refractivity contribution in [3.8, 4) is 0 Å². The Labute approximate surface area is 162 Å². The molecule has 0 saturated carbocycles. The average Bonchev–Trinajstić information content (AvgIpc) is 3.18. The van der Waals surface area contributed by atoms with E-state index in [9.17, 15) is 4.79 Å². The number of aromatic nitrogens is 2.